The molecule has 0 amide bonds. The van der Waals surface area contributed by atoms with E-state index in [1.54, 1.807) is 24.4 Å². The number of phenols is 1. The number of allylic oxidation sites excluding steroid dienone is 4. The van der Waals surface area contributed by atoms with E-state index in [2.05, 4.69) is 9.98 Å². The Morgan fingerprint density at radius 3 is 2.30 bits per heavy atom. The van der Waals surface area contributed by atoms with Crippen molar-refractivity contribution >= 4 is 18.1 Å². The van der Waals surface area contributed by atoms with Crippen LogP contribution in [0.5, 0.6) is 5.75 Å². The number of aliphatic hydroxyl groups excluding tert-OH is 1. The molecule has 2 aromatic carbocycles. The van der Waals surface area contributed by atoms with E-state index in [9.17, 15) is 5.11 Å². The molecule has 0 aromatic heterocycles. The standard InChI is InChI=1S/C14H13NO.C9H13NO/c1-11-9-13(16)7-8-14(11)15-10-12-5-3-2-4-6-12;1-3-10-9-5-4-8(11)6-7(9)2/h2-10,16H,1H3;3,6,11H,4-5H2,1-2H3. The fourth-order valence-corrected chi connectivity index (χ4v) is 2.64. The highest BCUT2D eigenvalue weighted by atomic mass is 16.3. The van der Waals surface area contributed by atoms with Gasteiger partial charge < -0.3 is 10.2 Å². The minimum absolute atomic E-state index is 0.274. The molecule has 0 atom stereocenters. The first-order chi connectivity index (χ1) is 13.0. The Balaban J connectivity index is 0.000000208. The van der Waals surface area contributed by atoms with Crippen molar-refractivity contribution in [3.63, 3.8) is 0 Å². The minimum atomic E-state index is 0.274. The highest BCUT2D eigenvalue weighted by molar-refractivity contribution is 5.82. The van der Waals surface area contributed by atoms with Gasteiger partial charge in [-0.2, -0.15) is 0 Å². The Kier molecular flexibility index (Phi) is 7.56. The number of hydrogen-bond donors (Lipinski definition) is 2. The van der Waals surface area contributed by atoms with E-state index in [0.29, 0.717) is 5.76 Å². The molecule has 27 heavy (non-hydrogen) atoms. The van der Waals surface area contributed by atoms with Gasteiger partial charge in [-0.3, -0.25) is 9.98 Å². The molecule has 4 nitrogen and oxygen atoms in total. The highest BCUT2D eigenvalue weighted by Crippen LogP contribution is 2.23. The second-order valence-electron chi connectivity index (χ2n) is 6.29. The smallest absolute Gasteiger partial charge is 0.115 e. The predicted molar refractivity (Wildman–Crippen MR) is 113 cm³/mol. The van der Waals surface area contributed by atoms with Crippen molar-refractivity contribution in [2.24, 2.45) is 9.98 Å². The summed E-state index contributed by atoms with van der Waals surface area (Å²) in [6, 6.07) is 15.1. The van der Waals surface area contributed by atoms with Gasteiger partial charge in [-0.05, 0) is 68.2 Å². The fraction of sp³-hybridized carbons (Fsp3) is 0.217. The van der Waals surface area contributed by atoms with Crippen molar-refractivity contribution in [1.29, 1.82) is 0 Å². The summed E-state index contributed by atoms with van der Waals surface area (Å²) in [7, 11) is 0. The first-order valence-electron chi connectivity index (χ1n) is 8.96. The molecule has 0 heterocycles. The van der Waals surface area contributed by atoms with Crippen LogP contribution in [-0.4, -0.2) is 22.6 Å². The van der Waals surface area contributed by atoms with Crippen LogP contribution in [0.15, 0.2) is 81.6 Å². The quantitative estimate of drug-likeness (QED) is 0.654. The maximum atomic E-state index is 9.27. The Morgan fingerprint density at radius 1 is 0.926 bits per heavy atom. The van der Waals surface area contributed by atoms with Crippen molar-refractivity contribution in [3.05, 3.63) is 82.8 Å². The second kappa shape index (κ2) is 10.1. The Bertz CT molecular complexity index is 879. The number of aryl methyl sites for hydroxylation is 1. The number of benzene rings is 2. The molecule has 4 heteroatoms. The number of aliphatic hydroxyl groups is 1. The first-order valence-corrected chi connectivity index (χ1v) is 8.96. The van der Waals surface area contributed by atoms with Crippen molar-refractivity contribution in [3.8, 4) is 5.75 Å². The molecule has 0 radical (unpaired) electrons. The lowest BCUT2D eigenvalue weighted by atomic mass is 10.0. The minimum Gasteiger partial charge on any atom is -0.512 e. The van der Waals surface area contributed by atoms with Gasteiger partial charge >= 0.3 is 0 Å². The number of rotatable bonds is 3. The van der Waals surface area contributed by atoms with Gasteiger partial charge in [-0.15, -0.1) is 0 Å². The van der Waals surface area contributed by atoms with Gasteiger partial charge in [-0.1, -0.05) is 30.3 Å². The number of hydrogen-bond acceptors (Lipinski definition) is 4. The molecule has 0 fully saturated rings. The zero-order valence-corrected chi connectivity index (χ0v) is 16.1. The maximum absolute atomic E-state index is 9.27. The summed E-state index contributed by atoms with van der Waals surface area (Å²) in [4.78, 5) is 8.58. The summed E-state index contributed by atoms with van der Waals surface area (Å²) in [5.74, 6) is 0.744. The molecule has 0 spiro atoms. The molecule has 0 unspecified atom stereocenters. The Hall–Kier alpha value is -3.14. The van der Waals surface area contributed by atoms with Crippen molar-refractivity contribution < 1.29 is 10.2 Å². The van der Waals surface area contributed by atoms with Gasteiger partial charge in [-0.25, -0.2) is 0 Å². The van der Waals surface area contributed by atoms with Crippen LogP contribution in [0.2, 0.25) is 0 Å². The van der Waals surface area contributed by atoms with Crippen LogP contribution in [0.25, 0.3) is 0 Å². The van der Waals surface area contributed by atoms with E-state index in [4.69, 9.17) is 5.11 Å². The number of aromatic hydroxyl groups is 1. The fourth-order valence-electron chi connectivity index (χ4n) is 2.64. The molecule has 1 aliphatic carbocycles. The molecule has 0 saturated carbocycles. The molecule has 140 valence electrons. The van der Waals surface area contributed by atoms with Gasteiger partial charge in [0.15, 0.2) is 0 Å². The van der Waals surface area contributed by atoms with E-state index >= 15 is 0 Å². The van der Waals surface area contributed by atoms with Gasteiger partial charge in [0.2, 0.25) is 0 Å². The lowest BCUT2D eigenvalue weighted by Crippen LogP contribution is -1.95. The van der Waals surface area contributed by atoms with Crippen LogP contribution >= 0.6 is 0 Å². The average Bonchev–Trinajstić information content (AvgIpc) is 2.65. The summed E-state index contributed by atoms with van der Waals surface area (Å²) in [6.07, 6.45) is 6.97. The summed E-state index contributed by atoms with van der Waals surface area (Å²) >= 11 is 0. The van der Waals surface area contributed by atoms with E-state index in [0.717, 1.165) is 40.9 Å². The number of phenolic OH excluding ortho intramolecular Hbond substituents is 1. The van der Waals surface area contributed by atoms with Crippen LogP contribution in [0.4, 0.5) is 5.69 Å². The largest absolute Gasteiger partial charge is 0.512 e. The molecule has 2 N–H and O–H groups in total. The SMILES string of the molecule is CC=NC1=C(C)C=C(O)CC1.Cc1cc(O)ccc1N=Cc1ccccc1. The van der Waals surface area contributed by atoms with E-state index < -0.39 is 0 Å². The van der Waals surface area contributed by atoms with Crippen LogP contribution in [0.1, 0.15) is 37.8 Å². The third kappa shape index (κ3) is 6.59. The van der Waals surface area contributed by atoms with E-state index in [1.807, 2.05) is 63.4 Å². The summed E-state index contributed by atoms with van der Waals surface area (Å²) in [5.41, 5.74) is 5.07. The van der Waals surface area contributed by atoms with Gasteiger partial charge in [0.1, 0.15) is 5.75 Å². The van der Waals surface area contributed by atoms with Gasteiger partial charge in [0.25, 0.3) is 0 Å². The zero-order chi connectivity index (χ0) is 19.6. The van der Waals surface area contributed by atoms with Gasteiger partial charge in [0, 0.05) is 24.5 Å². The van der Waals surface area contributed by atoms with Crippen molar-refractivity contribution in [2.45, 2.75) is 33.6 Å². The highest BCUT2D eigenvalue weighted by Gasteiger charge is 2.07. The first kappa shape index (κ1) is 20.2. The Morgan fingerprint density at radius 2 is 1.67 bits per heavy atom. The molecular weight excluding hydrogens is 336 g/mol. The third-order valence-electron chi connectivity index (χ3n) is 4.07. The molecular formula is C23H26N2O2. The summed E-state index contributed by atoms with van der Waals surface area (Å²) in [6.45, 7) is 5.80. The average molecular weight is 362 g/mol. The number of aliphatic imine (C=N–C) groups is 2. The normalized spacial score (nSPS) is 14.3. The van der Waals surface area contributed by atoms with E-state index in [-0.39, 0.29) is 5.75 Å². The monoisotopic (exact) mass is 362 g/mol. The molecule has 0 aliphatic heterocycles. The predicted octanol–water partition coefficient (Wildman–Crippen LogP) is 6.04. The number of nitrogens with zero attached hydrogens (tertiary/aromatic N) is 2. The molecule has 2 aromatic rings. The summed E-state index contributed by atoms with van der Waals surface area (Å²) in [5, 5.41) is 18.4. The molecule has 0 saturated heterocycles. The maximum Gasteiger partial charge on any atom is 0.115 e. The molecule has 3 rings (SSSR count). The van der Waals surface area contributed by atoms with E-state index in [1.165, 1.54) is 0 Å². The summed E-state index contributed by atoms with van der Waals surface area (Å²) < 4.78 is 0. The third-order valence-corrected chi connectivity index (χ3v) is 4.07. The van der Waals surface area contributed by atoms with Crippen LogP contribution < -0.4 is 0 Å². The van der Waals surface area contributed by atoms with Gasteiger partial charge in [0.05, 0.1) is 11.4 Å². The lowest BCUT2D eigenvalue weighted by Gasteiger charge is -2.10. The zero-order valence-electron chi connectivity index (χ0n) is 16.1. The van der Waals surface area contributed by atoms with Crippen LogP contribution in [0.3, 0.4) is 0 Å². The van der Waals surface area contributed by atoms with Crippen LogP contribution in [-0.2, 0) is 0 Å². The second-order valence-corrected chi connectivity index (χ2v) is 6.29. The van der Waals surface area contributed by atoms with Crippen molar-refractivity contribution in [2.75, 3.05) is 0 Å². The van der Waals surface area contributed by atoms with Crippen molar-refractivity contribution in [1.82, 2.24) is 0 Å². The molecule has 1 aliphatic rings. The van der Waals surface area contributed by atoms with Crippen LogP contribution in [0, 0.1) is 6.92 Å². The lowest BCUT2D eigenvalue weighted by molar-refractivity contribution is 0.384. The topological polar surface area (TPSA) is 65.2 Å². The Labute approximate surface area is 161 Å². The molecule has 0 bridgehead atoms.